The maximum Gasteiger partial charge on any atom is 0.411 e. The first-order valence-corrected chi connectivity index (χ1v) is 9.01. The Morgan fingerprint density at radius 2 is 1.92 bits per heavy atom. The van der Waals surface area contributed by atoms with Gasteiger partial charge in [0, 0.05) is 30.7 Å². The van der Waals surface area contributed by atoms with E-state index in [1.807, 2.05) is 18.2 Å². The molecular formula is C19H24N2O5. The number of amides is 1. The van der Waals surface area contributed by atoms with E-state index in [2.05, 4.69) is 10.2 Å². The minimum absolute atomic E-state index is 0.0119. The lowest BCUT2D eigenvalue weighted by molar-refractivity contribution is -0.158. The van der Waals surface area contributed by atoms with E-state index in [1.165, 1.54) is 0 Å². The number of nitrogens with zero attached hydrogens (tertiary/aromatic N) is 1. The van der Waals surface area contributed by atoms with E-state index in [-0.39, 0.29) is 31.0 Å². The normalized spacial score (nSPS) is 27.5. The molecule has 1 aromatic rings. The zero-order chi connectivity index (χ0) is 18.5. The van der Waals surface area contributed by atoms with Gasteiger partial charge in [-0.2, -0.15) is 0 Å². The molecule has 2 saturated heterocycles. The van der Waals surface area contributed by atoms with E-state index < -0.39 is 18.0 Å². The Bertz CT molecular complexity index is 663. The molecule has 2 aliphatic rings. The van der Waals surface area contributed by atoms with Crippen molar-refractivity contribution in [2.24, 2.45) is 11.8 Å². The van der Waals surface area contributed by atoms with Crippen LogP contribution >= 0.6 is 0 Å². The standard InChI is InChI=1S/C19H24N2O5/c1-2-25-18(23)16-11-21-10-13(17(16)22)8-9-15(21)12-26-19(24)20-14-6-4-3-5-7-14/h3-7,13,15-16H,2,8-12H2,1H3,(H,20,24). The number of anilines is 1. The molecule has 2 aliphatic heterocycles. The number of ether oxygens (including phenoxy) is 2. The Labute approximate surface area is 152 Å². The molecule has 140 valence electrons. The summed E-state index contributed by atoms with van der Waals surface area (Å²) in [5.41, 5.74) is 0.673. The van der Waals surface area contributed by atoms with Crippen LogP contribution in [0.1, 0.15) is 19.8 Å². The van der Waals surface area contributed by atoms with Gasteiger partial charge >= 0.3 is 12.1 Å². The molecular weight excluding hydrogens is 336 g/mol. The van der Waals surface area contributed by atoms with Crippen molar-refractivity contribution >= 4 is 23.5 Å². The van der Waals surface area contributed by atoms with Gasteiger partial charge in [0.15, 0.2) is 5.78 Å². The molecule has 1 aromatic carbocycles. The van der Waals surface area contributed by atoms with Crippen molar-refractivity contribution in [2.75, 3.05) is 31.6 Å². The van der Waals surface area contributed by atoms with Crippen molar-refractivity contribution in [3.05, 3.63) is 30.3 Å². The Kier molecular flexibility index (Phi) is 5.88. The van der Waals surface area contributed by atoms with Crippen molar-refractivity contribution < 1.29 is 23.9 Å². The van der Waals surface area contributed by atoms with Gasteiger partial charge < -0.3 is 9.47 Å². The highest BCUT2D eigenvalue weighted by atomic mass is 16.5. The lowest BCUT2D eigenvalue weighted by Gasteiger charge is -2.44. The van der Waals surface area contributed by atoms with Crippen molar-refractivity contribution in [1.82, 2.24) is 4.90 Å². The molecule has 4 unspecified atom stereocenters. The molecule has 0 aromatic heterocycles. The second-order valence-electron chi connectivity index (χ2n) is 6.68. The van der Waals surface area contributed by atoms with Crippen molar-refractivity contribution in [1.29, 1.82) is 0 Å². The summed E-state index contributed by atoms with van der Waals surface area (Å²) in [6.07, 6.45) is 0.970. The number of benzene rings is 1. The number of fused-ring (bicyclic) bond motifs is 2. The molecule has 1 N–H and O–H groups in total. The van der Waals surface area contributed by atoms with Crippen LogP contribution in [-0.2, 0) is 19.1 Å². The minimum Gasteiger partial charge on any atom is -0.465 e. The predicted molar refractivity (Wildman–Crippen MR) is 94.6 cm³/mol. The second-order valence-corrected chi connectivity index (χ2v) is 6.68. The fourth-order valence-electron chi connectivity index (χ4n) is 3.63. The number of para-hydroxylation sites is 1. The number of Topliss-reactive ketones (excluding diaryl/α,β-unsaturated/α-hetero) is 1. The van der Waals surface area contributed by atoms with Crippen LogP contribution in [0, 0.1) is 11.8 Å². The summed E-state index contributed by atoms with van der Waals surface area (Å²) in [7, 11) is 0. The fourth-order valence-corrected chi connectivity index (χ4v) is 3.63. The molecule has 4 atom stereocenters. The molecule has 7 nitrogen and oxygen atoms in total. The average molecular weight is 360 g/mol. The largest absolute Gasteiger partial charge is 0.465 e. The lowest BCUT2D eigenvalue weighted by atomic mass is 9.79. The molecule has 1 amide bonds. The number of hydrogen-bond acceptors (Lipinski definition) is 6. The number of esters is 1. The smallest absolute Gasteiger partial charge is 0.411 e. The summed E-state index contributed by atoms with van der Waals surface area (Å²) in [5, 5.41) is 2.68. The van der Waals surface area contributed by atoms with Crippen LogP contribution < -0.4 is 5.32 Å². The van der Waals surface area contributed by atoms with Crippen molar-refractivity contribution in [3.63, 3.8) is 0 Å². The van der Waals surface area contributed by atoms with Crippen LogP contribution in [-0.4, -0.2) is 55.1 Å². The highest BCUT2D eigenvalue weighted by Crippen LogP contribution is 2.31. The highest BCUT2D eigenvalue weighted by Gasteiger charge is 2.45. The van der Waals surface area contributed by atoms with Gasteiger partial charge in [0.25, 0.3) is 0 Å². The van der Waals surface area contributed by atoms with E-state index in [0.717, 1.165) is 6.42 Å². The van der Waals surface area contributed by atoms with Crippen LogP contribution in [0.2, 0.25) is 0 Å². The van der Waals surface area contributed by atoms with E-state index in [9.17, 15) is 14.4 Å². The number of carbonyl (C=O) groups excluding carboxylic acids is 3. The topological polar surface area (TPSA) is 84.9 Å². The third-order valence-electron chi connectivity index (χ3n) is 4.98. The zero-order valence-electron chi connectivity index (χ0n) is 14.8. The number of nitrogens with one attached hydrogen (secondary N) is 1. The lowest BCUT2D eigenvalue weighted by Crippen LogP contribution is -2.57. The number of rotatable bonds is 5. The molecule has 7 heteroatoms. The third-order valence-corrected chi connectivity index (χ3v) is 4.98. The van der Waals surface area contributed by atoms with Gasteiger partial charge in [-0.1, -0.05) is 18.2 Å². The molecule has 0 aliphatic carbocycles. The molecule has 2 fully saturated rings. The van der Waals surface area contributed by atoms with Crippen LogP contribution in [0.5, 0.6) is 0 Å². The quantitative estimate of drug-likeness (QED) is 0.639. The Balaban J connectivity index is 1.54. The summed E-state index contributed by atoms with van der Waals surface area (Å²) < 4.78 is 10.4. The predicted octanol–water partition coefficient (Wildman–Crippen LogP) is 2.08. The van der Waals surface area contributed by atoms with E-state index in [4.69, 9.17) is 9.47 Å². The summed E-state index contributed by atoms with van der Waals surface area (Å²) in [6.45, 7) is 3.18. The molecule has 2 bridgehead atoms. The molecule has 26 heavy (non-hydrogen) atoms. The molecule has 0 saturated carbocycles. The van der Waals surface area contributed by atoms with E-state index in [1.54, 1.807) is 19.1 Å². The van der Waals surface area contributed by atoms with Gasteiger partial charge in [-0.05, 0) is 31.9 Å². The number of piperidine rings is 2. The average Bonchev–Trinajstić information content (AvgIpc) is 2.64. The summed E-state index contributed by atoms with van der Waals surface area (Å²) in [4.78, 5) is 38.5. The van der Waals surface area contributed by atoms with Gasteiger partial charge in [-0.25, -0.2) is 4.79 Å². The maximum absolute atomic E-state index is 12.4. The first kappa shape index (κ1) is 18.4. The number of ketones is 1. The van der Waals surface area contributed by atoms with Crippen LogP contribution in [0.25, 0.3) is 0 Å². The Morgan fingerprint density at radius 1 is 1.15 bits per heavy atom. The SMILES string of the molecule is CCOC(=O)C1CN2CC(CCC2COC(=O)Nc2ccccc2)C1=O. The molecule has 0 radical (unpaired) electrons. The van der Waals surface area contributed by atoms with Gasteiger partial charge in [0.1, 0.15) is 12.5 Å². The summed E-state index contributed by atoms with van der Waals surface area (Å²) >= 11 is 0. The van der Waals surface area contributed by atoms with Crippen LogP contribution in [0.4, 0.5) is 10.5 Å². The van der Waals surface area contributed by atoms with Gasteiger partial charge in [-0.15, -0.1) is 0 Å². The summed E-state index contributed by atoms with van der Waals surface area (Å²) in [5.74, 6) is -1.32. The maximum atomic E-state index is 12.4. The molecule has 2 heterocycles. The number of hydrogen-bond donors (Lipinski definition) is 1. The van der Waals surface area contributed by atoms with Crippen molar-refractivity contribution in [3.8, 4) is 0 Å². The first-order chi connectivity index (χ1) is 12.6. The van der Waals surface area contributed by atoms with E-state index >= 15 is 0 Å². The van der Waals surface area contributed by atoms with E-state index in [0.29, 0.717) is 25.2 Å². The van der Waals surface area contributed by atoms with Gasteiger partial charge in [0.05, 0.1) is 6.61 Å². The Hall–Kier alpha value is -2.41. The second kappa shape index (κ2) is 8.31. The Morgan fingerprint density at radius 3 is 2.65 bits per heavy atom. The summed E-state index contributed by atoms with van der Waals surface area (Å²) in [6, 6.07) is 9.11. The monoisotopic (exact) mass is 360 g/mol. The minimum atomic E-state index is -0.727. The third kappa shape index (κ3) is 4.22. The van der Waals surface area contributed by atoms with Gasteiger partial charge in [-0.3, -0.25) is 19.8 Å². The highest BCUT2D eigenvalue weighted by molar-refractivity contribution is 6.01. The fraction of sp³-hybridized carbons (Fsp3) is 0.526. The molecule has 0 spiro atoms. The van der Waals surface area contributed by atoms with Crippen LogP contribution in [0.15, 0.2) is 30.3 Å². The number of carbonyl (C=O) groups is 3. The molecule has 3 rings (SSSR count). The van der Waals surface area contributed by atoms with Gasteiger partial charge in [0.2, 0.25) is 0 Å². The van der Waals surface area contributed by atoms with Crippen LogP contribution in [0.3, 0.4) is 0 Å². The zero-order valence-corrected chi connectivity index (χ0v) is 14.8. The van der Waals surface area contributed by atoms with Crippen molar-refractivity contribution in [2.45, 2.75) is 25.8 Å². The first-order valence-electron chi connectivity index (χ1n) is 9.01.